The summed E-state index contributed by atoms with van der Waals surface area (Å²) < 4.78 is 5.31. The van der Waals surface area contributed by atoms with Gasteiger partial charge in [0.25, 0.3) is 0 Å². The molecular formula is C21H19NO4. The molecule has 0 spiro atoms. The number of carboxylic acids is 1. The molecule has 1 aromatic heterocycles. The highest BCUT2D eigenvalue weighted by Crippen LogP contribution is 2.27. The van der Waals surface area contributed by atoms with E-state index in [9.17, 15) is 14.7 Å². The summed E-state index contributed by atoms with van der Waals surface area (Å²) in [4.78, 5) is 24.3. The van der Waals surface area contributed by atoms with Crippen LogP contribution in [0.4, 0.5) is 0 Å². The van der Waals surface area contributed by atoms with Gasteiger partial charge in [0.1, 0.15) is 5.76 Å². The van der Waals surface area contributed by atoms with Crippen LogP contribution in [0.3, 0.4) is 0 Å². The SMILES string of the molecule is O=C(O)C[C@H](NC(=O)C(c1ccccc1)c1ccccc1)c1ccco1. The van der Waals surface area contributed by atoms with Gasteiger partial charge in [-0.2, -0.15) is 0 Å². The number of carbonyl (C=O) groups is 2. The lowest BCUT2D eigenvalue weighted by atomic mass is 9.90. The zero-order valence-corrected chi connectivity index (χ0v) is 14.0. The van der Waals surface area contributed by atoms with E-state index in [1.807, 2.05) is 60.7 Å². The first-order valence-electron chi connectivity index (χ1n) is 8.30. The van der Waals surface area contributed by atoms with Crippen molar-refractivity contribution in [2.24, 2.45) is 0 Å². The summed E-state index contributed by atoms with van der Waals surface area (Å²) in [5.41, 5.74) is 1.68. The molecule has 5 heteroatoms. The lowest BCUT2D eigenvalue weighted by molar-refractivity contribution is -0.138. The largest absolute Gasteiger partial charge is 0.481 e. The predicted octanol–water partition coefficient (Wildman–Crippen LogP) is 3.74. The molecule has 0 radical (unpaired) electrons. The monoisotopic (exact) mass is 349 g/mol. The van der Waals surface area contributed by atoms with Gasteiger partial charge in [-0.25, -0.2) is 0 Å². The highest BCUT2D eigenvalue weighted by molar-refractivity contribution is 5.87. The molecule has 2 N–H and O–H groups in total. The number of carboxylic acid groups (broad SMARTS) is 1. The second-order valence-electron chi connectivity index (χ2n) is 5.93. The van der Waals surface area contributed by atoms with E-state index in [4.69, 9.17) is 4.42 Å². The normalized spacial score (nSPS) is 11.9. The zero-order chi connectivity index (χ0) is 18.4. The van der Waals surface area contributed by atoms with Crippen LogP contribution in [-0.4, -0.2) is 17.0 Å². The number of rotatable bonds is 7. The third-order valence-electron chi connectivity index (χ3n) is 4.11. The number of amides is 1. The Kier molecular flexibility index (Phi) is 5.49. The standard InChI is InChI=1S/C21H19NO4/c23-19(24)14-17(18-12-7-13-26-18)22-21(25)20(15-8-3-1-4-9-15)16-10-5-2-6-11-16/h1-13,17,20H,14H2,(H,22,25)(H,23,24)/t17-/m0/s1. The number of hydrogen-bond acceptors (Lipinski definition) is 3. The Bertz CT molecular complexity index is 805. The average molecular weight is 349 g/mol. The number of carbonyl (C=O) groups excluding carboxylic acids is 1. The maximum atomic E-state index is 13.1. The molecule has 5 nitrogen and oxygen atoms in total. The summed E-state index contributed by atoms with van der Waals surface area (Å²) in [5, 5.41) is 12.0. The van der Waals surface area contributed by atoms with Crippen LogP contribution in [0.25, 0.3) is 0 Å². The van der Waals surface area contributed by atoms with Crippen LogP contribution in [0.15, 0.2) is 83.5 Å². The van der Waals surface area contributed by atoms with Crippen LogP contribution < -0.4 is 5.32 Å². The van der Waals surface area contributed by atoms with Gasteiger partial charge < -0.3 is 14.8 Å². The Labute approximate surface area is 151 Å². The molecule has 26 heavy (non-hydrogen) atoms. The summed E-state index contributed by atoms with van der Waals surface area (Å²) in [6.45, 7) is 0. The smallest absolute Gasteiger partial charge is 0.305 e. The molecule has 0 unspecified atom stereocenters. The van der Waals surface area contributed by atoms with Crippen LogP contribution in [0.1, 0.15) is 35.3 Å². The van der Waals surface area contributed by atoms with Crippen molar-refractivity contribution in [2.75, 3.05) is 0 Å². The molecule has 3 rings (SSSR count). The zero-order valence-electron chi connectivity index (χ0n) is 14.0. The molecular weight excluding hydrogens is 330 g/mol. The second-order valence-corrected chi connectivity index (χ2v) is 5.93. The first kappa shape index (κ1) is 17.5. The van der Waals surface area contributed by atoms with Gasteiger partial charge in [-0.05, 0) is 23.3 Å². The summed E-state index contributed by atoms with van der Waals surface area (Å²) in [5.74, 6) is -1.41. The number of aliphatic carboxylic acids is 1. The molecule has 0 fully saturated rings. The Morgan fingerprint density at radius 3 is 1.92 bits per heavy atom. The minimum atomic E-state index is -1.01. The van der Waals surface area contributed by atoms with Gasteiger partial charge in [-0.3, -0.25) is 9.59 Å². The topological polar surface area (TPSA) is 79.5 Å². The van der Waals surface area contributed by atoms with Crippen LogP contribution in [0.2, 0.25) is 0 Å². The maximum absolute atomic E-state index is 13.1. The van der Waals surface area contributed by atoms with Crippen molar-refractivity contribution in [3.05, 3.63) is 95.9 Å². The molecule has 0 aliphatic rings. The van der Waals surface area contributed by atoms with E-state index in [2.05, 4.69) is 5.32 Å². The molecule has 0 bridgehead atoms. The summed E-state index contributed by atoms with van der Waals surface area (Å²) >= 11 is 0. The van der Waals surface area contributed by atoms with E-state index >= 15 is 0 Å². The molecule has 1 atom stereocenters. The molecule has 0 aliphatic heterocycles. The van der Waals surface area contributed by atoms with Gasteiger partial charge in [0, 0.05) is 0 Å². The Morgan fingerprint density at radius 2 is 1.46 bits per heavy atom. The fourth-order valence-electron chi connectivity index (χ4n) is 2.93. The van der Waals surface area contributed by atoms with Gasteiger partial charge in [0.2, 0.25) is 5.91 Å². The minimum Gasteiger partial charge on any atom is -0.481 e. The first-order valence-corrected chi connectivity index (χ1v) is 8.30. The Hall–Kier alpha value is -3.34. The number of hydrogen-bond donors (Lipinski definition) is 2. The minimum absolute atomic E-state index is 0.254. The van der Waals surface area contributed by atoms with Crippen molar-refractivity contribution in [3.63, 3.8) is 0 Å². The molecule has 0 saturated heterocycles. The lowest BCUT2D eigenvalue weighted by Crippen LogP contribution is -2.34. The van der Waals surface area contributed by atoms with Crippen LogP contribution in [0, 0.1) is 0 Å². The van der Waals surface area contributed by atoms with Crippen LogP contribution in [0.5, 0.6) is 0 Å². The third-order valence-corrected chi connectivity index (χ3v) is 4.11. The molecule has 0 saturated carbocycles. The van der Waals surface area contributed by atoms with Crippen molar-refractivity contribution in [1.29, 1.82) is 0 Å². The van der Waals surface area contributed by atoms with Crippen molar-refractivity contribution >= 4 is 11.9 Å². The van der Waals surface area contributed by atoms with Crippen molar-refractivity contribution in [3.8, 4) is 0 Å². The van der Waals surface area contributed by atoms with E-state index in [0.29, 0.717) is 5.76 Å². The van der Waals surface area contributed by atoms with E-state index < -0.39 is 17.9 Å². The van der Waals surface area contributed by atoms with Crippen LogP contribution in [-0.2, 0) is 9.59 Å². The quantitative estimate of drug-likeness (QED) is 0.681. The van der Waals surface area contributed by atoms with E-state index in [1.165, 1.54) is 6.26 Å². The molecule has 3 aromatic rings. The Morgan fingerprint density at radius 1 is 0.885 bits per heavy atom. The van der Waals surface area contributed by atoms with Gasteiger partial charge >= 0.3 is 5.97 Å². The van der Waals surface area contributed by atoms with Crippen LogP contribution >= 0.6 is 0 Å². The number of benzene rings is 2. The fraction of sp³-hybridized carbons (Fsp3) is 0.143. The molecule has 132 valence electrons. The molecule has 1 amide bonds. The van der Waals surface area contributed by atoms with Crippen molar-refractivity contribution in [1.82, 2.24) is 5.32 Å². The number of nitrogens with one attached hydrogen (secondary N) is 1. The molecule has 2 aromatic carbocycles. The summed E-state index contributed by atoms with van der Waals surface area (Å²) in [7, 11) is 0. The van der Waals surface area contributed by atoms with Gasteiger partial charge in [0.05, 0.1) is 24.6 Å². The summed E-state index contributed by atoms with van der Waals surface area (Å²) in [6.07, 6.45) is 1.21. The highest BCUT2D eigenvalue weighted by atomic mass is 16.4. The lowest BCUT2D eigenvalue weighted by Gasteiger charge is -2.21. The van der Waals surface area contributed by atoms with Crippen molar-refractivity contribution < 1.29 is 19.1 Å². The Balaban J connectivity index is 1.91. The number of furan rings is 1. The van der Waals surface area contributed by atoms with E-state index in [0.717, 1.165) is 11.1 Å². The highest BCUT2D eigenvalue weighted by Gasteiger charge is 2.27. The van der Waals surface area contributed by atoms with Gasteiger partial charge in [0.15, 0.2) is 0 Å². The van der Waals surface area contributed by atoms with Gasteiger partial charge in [-0.1, -0.05) is 60.7 Å². The predicted molar refractivity (Wildman–Crippen MR) is 96.6 cm³/mol. The molecule has 1 heterocycles. The average Bonchev–Trinajstić information content (AvgIpc) is 3.17. The third kappa shape index (κ3) is 4.19. The fourth-order valence-corrected chi connectivity index (χ4v) is 2.93. The first-order chi connectivity index (χ1) is 12.6. The summed E-state index contributed by atoms with van der Waals surface area (Å²) in [6, 6.07) is 21.4. The second kappa shape index (κ2) is 8.16. The molecule has 0 aliphatic carbocycles. The van der Waals surface area contributed by atoms with E-state index in [-0.39, 0.29) is 12.3 Å². The van der Waals surface area contributed by atoms with E-state index in [1.54, 1.807) is 12.1 Å². The van der Waals surface area contributed by atoms with Crippen molar-refractivity contribution in [2.45, 2.75) is 18.4 Å². The van der Waals surface area contributed by atoms with Gasteiger partial charge in [-0.15, -0.1) is 0 Å². The maximum Gasteiger partial charge on any atom is 0.305 e.